The highest BCUT2D eigenvalue weighted by Gasteiger charge is 2.27. The highest BCUT2D eigenvalue weighted by molar-refractivity contribution is 7.88. The second-order valence-electron chi connectivity index (χ2n) is 5.58. The first-order valence-electron chi connectivity index (χ1n) is 7.47. The molecule has 1 fully saturated rings. The zero-order valence-corrected chi connectivity index (χ0v) is 14.4. The van der Waals surface area contributed by atoms with Crippen LogP contribution in [0.2, 0.25) is 0 Å². The molecule has 1 aliphatic rings. The minimum Gasteiger partial charge on any atom is -0.375 e. The minimum atomic E-state index is -3.25. The molecule has 0 bridgehead atoms. The fourth-order valence-electron chi connectivity index (χ4n) is 2.66. The molecule has 23 heavy (non-hydrogen) atoms. The highest BCUT2D eigenvalue weighted by Crippen LogP contribution is 2.19. The number of nitrogens with two attached hydrogens (primary N) is 1. The van der Waals surface area contributed by atoms with Crippen LogP contribution in [0, 0.1) is 0 Å². The summed E-state index contributed by atoms with van der Waals surface area (Å²) in [5, 5.41) is 0.573. The van der Waals surface area contributed by atoms with Crippen molar-refractivity contribution < 1.29 is 8.42 Å². The number of rotatable bonds is 5. The smallest absolute Gasteiger partial charge is 0.218 e. The molecule has 0 saturated carbocycles. The molecule has 0 unspecified atom stereocenters. The number of piperazine rings is 1. The van der Waals surface area contributed by atoms with Crippen LogP contribution in [-0.2, 0) is 22.3 Å². The lowest BCUT2D eigenvalue weighted by Crippen LogP contribution is -2.48. The van der Waals surface area contributed by atoms with Gasteiger partial charge in [-0.25, -0.2) is 13.4 Å². The SMILES string of the molecule is Nc1ncc(CN2CCN(S(=O)(=O)Cc3ccccc3)CC2)s1. The van der Waals surface area contributed by atoms with Gasteiger partial charge in [-0.1, -0.05) is 30.3 Å². The van der Waals surface area contributed by atoms with E-state index < -0.39 is 10.0 Å². The van der Waals surface area contributed by atoms with E-state index in [4.69, 9.17) is 5.73 Å². The van der Waals surface area contributed by atoms with Crippen molar-refractivity contribution in [2.45, 2.75) is 12.3 Å². The molecule has 3 rings (SSSR count). The molecule has 6 nitrogen and oxygen atoms in total. The molecule has 1 aromatic carbocycles. The van der Waals surface area contributed by atoms with Crippen LogP contribution in [-0.4, -0.2) is 48.8 Å². The van der Waals surface area contributed by atoms with E-state index in [1.165, 1.54) is 11.3 Å². The van der Waals surface area contributed by atoms with Gasteiger partial charge in [0.05, 0.1) is 5.75 Å². The third-order valence-electron chi connectivity index (χ3n) is 3.87. The summed E-state index contributed by atoms with van der Waals surface area (Å²) in [7, 11) is -3.25. The summed E-state index contributed by atoms with van der Waals surface area (Å²) in [5.74, 6) is 0.0687. The maximum absolute atomic E-state index is 12.5. The molecule has 0 radical (unpaired) electrons. The summed E-state index contributed by atoms with van der Waals surface area (Å²) < 4.78 is 26.6. The van der Waals surface area contributed by atoms with Gasteiger partial charge in [-0.05, 0) is 5.56 Å². The maximum Gasteiger partial charge on any atom is 0.218 e. The van der Waals surface area contributed by atoms with Gasteiger partial charge in [0.2, 0.25) is 10.0 Å². The van der Waals surface area contributed by atoms with Crippen molar-refractivity contribution >= 4 is 26.5 Å². The summed E-state index contributed by atoms with van der Waals surface area (Å²) in [6.07, 6.45) is 1.79. The van der Waals surface area contributed by atoms with E-state index in [2.05, 4.69) is 9.88 Å². The molecule has 2 heterocycles. The Morgan fingerprint density at radius 3 is 2.43 bits per heavy atom. The first-order valence-corrected chi connectivity index (χ1v) is 9.90. The number of aromatic nitrogens is 1. The standard InChI is InChI=1S/C15H20N4O2S2/c16-15-17-10-14(22-15)11-18-6-8-19(9-7-18)23(20,21)12-13-4-2-1-3-5-13/h1-5,10H,6-9,11-12H2,(H2,16,17). The van der Waals surface area contributed by atoms with Gasteiger partial charge in [0, 0.05) is 43.8 Å². The van der Waals surface area contributed by atoms with E-state index in [-0.39, 0.29) is 5.75 Å². The molecule has 0 aliphatic carbocycles. The van der Waals surface area contributed by atoms with E-state index in [1.54, 1.807) is 10.5 Å². The first kappa shape index (κ1) is 16.4. The van der Waals surface area contributed by atoms with Crippen LogP contribution < -0.4 is 5.73 Å². The number of thiazole rings is 1. The van der Waals surface area contributed by atoms with Crippen LogP contribution >= 0.6 is 11.3 Å². The van der Waals surface area contributed by atoms with Crippen molar-refractivity contribution in [2.75, 3.05) is 31.9 Å². The van der Waals surface area contributed by atoms with Crippen molar-refractivity contribution in [3.05, 3.63) is 47.0 Å². The zero-order valence-electron chi connectivity index (χ0n) is 12.8. The Kier molecular flexibility index (Phi) is 4.96. The largest absolute Gasteiger partial charge is 0.375 e. The fraction of sp³-hybridized carbons (Fsp3) is 0.400. The number of nitrogens with zero attached hydrogens (tertiary/aromatic N) is 3. The predicted octanol–water partition coefficient (Wildman–Crippen LogP) is 1.37. The summed E-state index contributed by atoms with van der Waals surface area (Å²) in [5.41, 5.74) is 6.47. The summed E-state index contributed by atoms with van der Waals surface area (Å²) in [6.45, 7) is 3.30. The number of nitrogen functional groups attached to an aromatic ring is 1. The summed E-state index contributed by atoms with van der Waals surface area (Å²) in [4.78, 5) is 7.40. The average Bonchev–Trinajstić information content (AvgIpc) is 2.93. The molecule has 1 aliphatic heterocycles. The number of benzene rings is 1. The highest BCUT2D eigenvalue weighted by atomic mass is 32.2. The van der Waals surface area contributed by atoms with Gasteiger partial charge in [0.25, 0.3) is 0 Å². The third kappa shape index (κ3) is 4.29. The van der Waals surface area contributed by atoms with Crippen LogP contribution in [0.4, 0.5) is 5.13 Å². The van der Waals surface area contributed by atoms with Gasteiger partial charge in [0.15, 0.2) is 5.13 Å². The Morgan fingerprint density at radius 1 is 1.13 bits per heavy atom. The van der Waals surface area contributed by atoms with E-state index in [0.717, 1.165) is 30.1 Å². The van der Waals surface area contributed by atoms with Crippen molar-refractivity contribution in [2.24, 2.45) is 0 Å². The van der Waals surface area contributed by atoms with Crippen LogP contribution in [0.3, 0.4) is 0 Å². The first-order chi connectivity index (χ1) is 11.0. The molecule has 1 saturated heterocycles. The number of hydrogen-bond donors (Lipinski definition) is 1. The topological polar surface area (TPSA) is 79.5 Å². The lowest BCUT2D eigenvalue weighted by molar-refractivity contribution is 0.182. The van der Waals surface area contributed by atoms with Gasteiger partial charge in [-0.2, -0.15) is 4.31 Å². The molecule has 2 N–H and O–H groups in total. The molecule has 124 valence electrons. The lowest BCUT2D eigenvalue weighted by Gasteiger charge is -2.33. The van der Waals surface area contributed by atoms with Crippen LogP contribution in [0.5, 0.6) is 0 Å². The second-order valence-corrected chi connectivity index (χ2v) is 8.70. The van der Waals surface area contributed by atoms with E-state index >= 15 is 0 Å². The fourth-order valence-corrected chi connectivity index (χ4v) is 4.90. The van der Waals surface area contributed by atoms with Crippen LogP contribution in [0.25, 0.3) is 0 Å². The Morgan fingerprint density at radius 2 is 1.83 bits per heavy atom. The van der Waals surface area contributed by atoms with E-state index in [1.807, 2.05) is 30.3 Å². The summed E-state index contributed by atoms with van der Waals surface area (Å²) in [6, 6.07) is 9.32. The average molecular weight is 352 g/mol. The van der Waals surface area contributed by atoms with Gasteiger partial charge in [0.1, 0.15) is 0 Å². The zero-order chi connectivity index (χ0) is 16.3. The molecule has 1 aromatic heterocycles. The normalized spacial score (nSPS) is 17.4. The van der Waals surface area contributed by atoms with Gasteiger partial charge >= 0.3 is 0 Å². The Bertz CT molecular complexity index is 738. The maximum atomic E-state index is 12.5. The van der Waals surface area contributed by atoms with Gasteiger partial charge in [-0.15, -0.1) is 11.3 Å². The molecule has 8 heteroatoms. The molecular formula is C15H20N4O2S2. The van der Waals surface area contributed by atoms with Gasteiger partial charge in [-0.3, -0.25) is 4.90 Å². The predicted molar refractivity (Wildman–Crippen MR) is 92.4 cm³/mol. The van der Waals surface area contributed by atoms with Crippen molar-refractivity contribution in [1.82, 2.24) is 14.2 Å². The Labute approximate surface area is 140 Å². The number of hydrogen-bond acceptors (Lipinski definition) is 6. The quantitative estimate of drug-likeness (QED) is 0.879. The lowest BCUT2D eigenvalue weighted by atomic mass is 10.2. The second kappa shape index (κ2) is 6.96. The number of sulfonamides is 1. The summed E-state index contributed by atoms with van der Waals surface area (Å²) >= 11 is 1.48. The third-order valence-corrected chi connectivity index (χ3v) is 6.53. The van der Waals surface area contributed by atoms with Crippen molar-refractivity contribution in [3.8, 4) is 0 Å². The monoisotopic (exact) mass is 352 g/mol. The van der Waals surface area contributed by atoms with Crippen LogP contribution in [0.1, 0.15) is 10.4 Å². The Balaban J connectivity index is 1.55. The molecular weight excluding hydrogens is 332 g/mol. The molecule has 0 amide bonds. The molecule has 0 atom stereocenters. The molecule has 2 aromatic rings. The van der Waals surface area contributed by atoms with E-state index in [0.29, 0.717) is 18.2 Å². The van der Waals surface area contributed by atoms with Crippen molar-refractivity contribution in [3.63, 3.8) is 0 Å². The molecule has 0 spiro atoms. The van der Waals surface area contributed by atoms with Gasteiger partial charge < -0.3 is 5.73 Å². The number of anilines is 1. The van der Waals surface area contributed by atoms with Crippen molar-refractivity contribution in [1.29, 1.82) is 0 Å². The van der Waals surface area contributed by atoms with Crippen LogP contribution in [0.15, 0.2) is 36.5 Å². The Hall–Kier alpha value is -1.48. The minimum absolute atomic E-state index is 0.0687. The van der Waals surface area contributed by atoms with E-state index in [9.17, 15) is 8.42 Å².